The lowest BCUT2D eigenvalue weighted by Crippen LogP contribution is -2.34. The van der Waals surface area contributed by atoms with Crippen molar-refractivity contribution in [2.45, 2.75) is 13.0 Å². The molecular formula is C12H15NO2. The van der Waals surface area contributed by atoms with E-state index in [0.717, 1.165) is 16.9 Å². The smallest absolute Gasteiger partial charge is 0.177 e. The van der Waals surface area contributed by atoms with Gasteiger partial charge >= 0.3 is 0 Å². The van der Waals surface area contributed by atoms with Crippen LogP contribution in [0.25, 0.3) is 0 Å². The lowest BCUT2D eigenvalue weighted by molar-refractivity contribution is 0.0895. The summed E-state index contributed by atoms with van der Waals surface area (Å²) in [4.78, 5) is 13.8. The monoisotopic (exact) mass is 205 g/mol. The Morgan fingerprint density at radius 3 is 2.87 bits per heavy atom. The number of Topliss-reactive ketones (excluding diaryl/α,β-unsaturated/α-hetero) is 1. The van der Waals surface area contributed by atoms with E-state index in [-0.39, 0.29) is 11.8 Å². The van der Waals surface area contributed by atoms with E-state index >= 15 is 0 Å². The van der Waals surface area contributed by atoms with Crippen LogP contribution in [-0.4, -0.2) is 31.4 Å². The van der Waals surface area contributed by atoms with Gasteiger partial charge in [0.05, 0.1) is 13.7 Å². The fraction of sp³-hybridized carbons (Fsp3) is 0.417. The molecule has 0 radical (unpaired) electrons. The van der Waals surface area contributed by atoms with Crippen LogP contribution in [-0.2, 0) is 0 Å². The van der Waals surface area contributed by atoms with E-state index in [4.69, 9.17) is 4.74 Å². The third-order valence-electron chi connectivity index (χ3n) is 3.06. The molecule has 0 bridgehead atoms. The molecule has 1 heterocycles. The minimum absolute atomic E-state index is 0.188. The minimum atomic E-state index is 0.188. The summed E-state index contributed by atoms with van der Waals surface area (Å²) < 4.78 is 5.17. The quantitative estimate of drug-likeness (QED) is 0.701. The summed E-state index contributed by atoms with van der Waals surface area (Å²) >= 11 is 0. The maximum Gasteiger partial charge on any atom is 0.177 e. The third kappa shape index (κ3) is 1.63. The van der Waals surface area contributed by atoms with Crippen molar-refractivity contribution in [3.8, 4) is 5.75 Å². The molecule has 3 nitrogen and oxygen atoms in total. The van der Waals surface area contributed by atoms with Gasteiger partial charge in [0.25, 0.3) is 0 Å². The van der Waals surface area contributed by atoms with Crippen LogP contribution < -0.4 is 4.74 Å². The predicted octanol–water partition coefficient (Wildman–Crippen LogP) is 1.88. The van der Waals surface area contributed by atoms with Crippen molar-refractivity contribution in [1.29, 1.82) is 0 Å². The molecule has 1 aromatic carbocycles. The highest BCUT2D eigenvalue weighted by molar-refractivity contribution is 6.00. The number of fused-ring (bicyclic) bond motifs is 1. The van der Waals surface area contributed by atoms with Gasteiger partial charge in [0, 0.05) is 11.6 Å². The van der Waals surface area contributed by atoms with Gasteiger partial charge in [0.1, 0.15) is 5.75 Å². The van der Waals surface area contributed by atoms with Gasteiger partial charge in [0.15, 0.2) is 5.78 Å². The fourth-order valence-corrected chi connectivity index (χ4v) is 1.95. The number of carbonyl (C=O) groups is 1. The van der Waals surface area contributed by atoms with Gasteiger partial charge < -0.3 is 4.74 Å². The van der Waals surface area contributed by atoms with Crippen LogP contribution in [0.2, 0.25) is 0 Å². The Balaban J connectivity index is 2.51. The van der Waals surface area contributed by atoms with Crippen molar-refractivity contribution in [3.63, 3.8) is 0 Å². The van der Waals surface area contributed by atoms with Crippen LogP contribution in [0, 0.1) is 0 Å². The van der Waals surface area contributed by atoms with Crippen molar-refractivity contribution in [1.82, 2.24) is 4.90 Å². The van der Waals surface area contributed by atoms with E-state index in [1.165, 1.54) is 0 Å². The third-order valence-corrected chi connectivity index (χ3v) is 3.06. The van der Waals surface area contributed by atoms with Crippen LogP contribution in [0.4, 0.5) is 0 Å². The second kappa shape index (κ2) is 3.66. The zero-order valence-corrected chi connectivity index (χ0v) is 9.28. The number of carbonyl (C=O) groups excluding carboxylic acids is 1. The number of ketones is 1. The van der Waals surface area contributed by atoms with E-state index in [2.05, 4.69) is 6.92 Å². The molecule has 1 atom stereocenters. The fourth-order valence-electron chi connectivity index (χ4n) is 1.95. The molecule has 0 aromatic heterocycles. The van der Waals surface area contributed by atoms with Gasteiger partial charge in [-0.25, -0.2) is 0 Å². The Hall–Kier alpha value is -1.35. The molecule has 0 N–H and O–H groups in total. The summed E-state index contributed by atoms with van der Waals surface area (Å²) in [7, 11) is 3.60. The van der Waals surface area contributed by atoms with E-state index in [0.29, 0.717) is 6.54 Å². The van der Waals surface area contributed by atoms with Crippen LogP contribution in [0.5, 0.6) is 5.75 Å². The molecule has 15 heavy (non-hydrogen) atoms. The van der Waals surface area contributed by atoms with Gasteiger partial charge in [-0.3, -0.25) is 9.69 Å². The lowest BCUT2D eigenvalue weighted by atomic mass is 9.93. The molecule has 1 aliphatic rings. The normalized spacial score (nSPS) is 21.3. The second-order valence-electron chi connectivity index (χ2n) is 3.97. The number of hydrogen-bond donors (Lipinski definition) is 0. The first-order valence-electron chi connectivity index (χ1n) is 5.05. The molecule has 1 aliphatic heterocycles. The number of ether oxygens (including phenoxy) is 1. The zero-order valence-electron chi connectivity index (χ0n) is 9.28. The first-order chi connectivity index (χ1) is 7.13. The first kappa shape index (κ1) is 10.2. The van der Waals surface area contributed by atoms with Crippen molar-refractivity contribution in [3.05, 3.63) is 29.3 Å². The lowest BCUT2D eigenvalue weighted by Gasteiger charge is -2.31. The standard InChI is InChI=1S/C12H15NO2/c1-8-11-6-9(15-3)4-5-10(11)12(14)7-13(8)2/h4-6,8H,7H2,1-3H3. The summed E-state index contributed by atoms with van der Waals surface area (Å²) in [6.07, 6.45) is 0. The number of rotatable bonds is 1. The predicted molar refractivity (Wildman–Crippen MR) is 58.4 cm³/mol. The molecule has 0 spiro atoms. The number of hydrogen-bond acceptors (Lipinski definition) is 3. The van der Waals surface area contributed by atoms with E-state index in [9.17, 15) is 4.79 Å². The topological polar surface area (TPSA) is 29.5 Å². The van der Waals surface area contributed by atoms with Crippen molar-refractivity contribution < 1.29 is 9.53 Å². The average Bonchev–Trinajstić information content (AvgIpc) is 2.25. The Bertz CT molecular complexity index is 401. The van der Waals surface area contributed by atoms with Gasteiger partial charge in [-0.2, -0.15) is 0 Å². The highest BCUT2D eigenvalue weighted by atomic mass is 16.5. The molecule has 0 amide bonds. The van der Waals surface area contributed by atoms with Crippen molar-refractivity contribution in [2.24, 2.45) is 0 Å². The van der Waals surface area contributed by atoms with E-state index in [1.54, 1.807) is 7.11 Å². The van der Waals surface area contributed by atoms with Crippen molar-refractivity contribution in [2.75, 3.05) is 20.7 Å². The SMILES string of the molecule is COc1ccc2c(c1)C(C)N(C)CC2=O. The Morgan fingerprint density at radius 2 is 2.20 bits per heavy atom. The first-order valence-corrected chi connectivity index (χ1v) is 5.05. The number of methoxy groups -OCH3 is 1. The van der Waals surface area contributed by atoms with Gasteiger partial charge in [0.2, 0.25) is 0 Å². The van der Waals surface area contributed by atoms with E-state index in [1.807, 2.05) is 30.1 Å². The number of likely N-dealkylation sites (N-methyl/N-ethyl adjacent to an activating group) is 1. The Kier molecular flexibility index (Phi) is 2.49. The number of nitrogens with zero attached hydrogens (tertiary/aromatic N) is 1. The maximum absolute atomic E-state index is 11.8. The van der Waals surface area contributed by atoms with E-state index < -0.39 is 0 Å². The van der Waals surface area contributed by atoms with Crippen LogP contribution in [0.3, 0.4) is 0 Å². The molecule has 0 saturated heterocycles. The van der Waals surface area contributed by atoms with Gasteiger partial charge in [-0.15, -0.1) is 0 Å². The van der Waals surface area contributed by atoms with Gasteiger partial charge in [-0.1, -0.05) is 0 Å². The molecular weight excluding hydrogens is 190 g/mol. The Morgan fingerprint density at radius 1 is 1.47 bits per heavy atom. The number of benzene rings is 1. The highest BCUT2D eigenvalue weighted by Gasteiger charge is 2.26. The molecule has 2 rings (SSSR count). The van der Waals surface area contributed by atoms with Crippen LogP contribution in [0.1, 0.15) is 28.9 Å². The summed E-state index contributed by atoms with van der Waals surface area (Å²) in [5.41, 5.74) is 1.90. The maximum atomic E-state index is 11.8. The molecule has 80 valence electrons. The summed E-state index contributed by atoms with van der Waals surface area (Å²) in [5.74, 6) is 0.997. The summed E-state index contributed by atoms with van der Waals surface area (Å²) in [6.45, 7) is 2.60. The van der Waals surface area contributed by atoms with Crippen LogP contribution >= 0.6 is 0 Å². The molecule has 0 fully saturated rings. The molecule has 0 aliphatic carbocycles. The molecule has 0 saturated carbocycles. The minimum Gasteiger partial charge on any atom is -0.497 e. The van der Waals surface area contributed by atoms with Gasteiger partial charge in [-0.05, 0) is 37.7 Å². The average molecular weight is 205 g/mol. The zero-order chi connectivity index (χ0) is 11.0. The summed E-state index contributed by atoms with van der Waals surface area (Å²) in [6, 6.07) is 5.93. The Labute approximate surface area is 89.7 Å². The molecule has 1 aromatic rings. The molecule has 3 heteroatoms. The van der Waals surface area contributed by atoms with Crippen molar-refractivity contribution >= 4 is 5.78 Å². The second-order valence-corrected chi connectivity index (χ2v) is 3.97. The molecule has 1 unspecified atom stereocenters. The van der Waals surface area contributed by atoms with Crippen LogP contribution in [0.15, 0.2) is 18.2 Å². The highest BCUT2D eigenvalue weighted by Crippen LogP contribution is 2.30. The largest absolute Gasteiger partial charge is 0.497 e. The summed E-state index contributed by atoms with van der Waals surface area (Å²) in [5, 5.41) is 0.